The lowest BCUT2D eigenvalue weighted by atomic mass is 10.2. The van der Waals surface area contributed by atoms with Crippen molar-refractivity contribution in [2.45, 2.75) is 6.61 Å². The zero-order chi connectivity index (χ0) is 14.5. The molecule has 0 unspecified atom stereocenters. The molecule has 1 heterocycles. The molecule has 0 saturated heterocycles. The fourth-order valence-corrected chi connectivity index (χ4v) is 1.87. The molecule has 1 aromatic heterocycles. The van der Waals surface area contributed by atoms with Crippen molar-refractivity contribution in [3.05, 3.63) is 52.8 Å². The van der Waals surface area contributed by atoms with Crippen molar-refractivity contribution < 1.29 is 14.6 Å². The second-order valence-electron chi connectivity index (χ2n) is 3.98. The van der Waals surface area contributed by atoms with Crippen molar-refractivity contribution in [3.8, 4) is 5.75 Å². The Balaban J connectivity index is 2.19. The summed E-state index contributed by atoms with van der Waals surface area (Å²) in [5, 5.41) is 12.2. The Bertz CT molecular complexity index is 632. The molecule has 2 rings (SSSR count). The number of hydrogen-bond donors (Lipinski definition) is 2. The molecule has 0 aliphatic heterocycles. The summed E-state index contributed by atoms with van der Waals surface area (Å²) in [6.45, 7) is -0.178. The third-order valence-corrected chi connectivity index (χ3v) is 2.87. The molecule has 1 amide bonds. The zero-order valence-electron chi connectivity index (χ0n) is 10.8. The van der Waals surface area contributed by atoms with Gasteiger partial charge in [-0.25, -0.2) is 4.98 Å². The summed E-state index contributed by atoms with van der Waals surface area (Å²) in [4.78, 5) is 15.9. The first kappa shape index (κ1) is 14.3. The van der Waals surface area contributed by atoms with Crippen LogP contribution < -0.4 is 10.1 Å². The molecule has 6 heteroatoms. The maximum atomic E-state index is 12.0. The highest BCUT2D eigenvalue weighted by atomic mass is 35.5. The van der Waals surface area contributed by atoms with Crippen molar-refractivity contribution in [3.63, 3.8) is 0 Å². The van der Waals surface area contributed by atoms with Crippen molar-refractivity contribution in [2.75, 3.05) is 12.4 Å². The van der Waals surface area contributed by atoms with E-state index < -0.39 is 0 Å². The fourth-order valence-electron chi connectivity index (χ4n) is 1.71. The predicted octanol–water partition coefficient (Wildman–Crippen LogP) is 2.49. The van der Waals surface area contributed by atoms with E-state index >= 15 is 0 Å². The number of rotatable bonds is 4. The monoisotopic (exact) mass is 292 g/mol. The van der Waals surface area contributed by atoms with Crippen molar-refractivity contribution in [1.29, 1.82) is 0 Å². The Morgan fingerprint density at radius 3 is 2.85 bits per heavy atom. The number of aliphatic hydroxyl groups is 1. The van der Waals surface area contributed by atoms with Crippen LogP contribution in [-0.4, -0.2) is 23.1 Å². The minimum Gasteiger partial charge on any atom is -0.496 e. The fraction of sp³-hybridized carbons (Fsp3) is 0.143. The molecule has 0 atom stereocenters. The van der Waals surface area contributed by atoms with Crippen LogP contribution >= 0.6 is 11.6 Å². The molecule has 1 aromatic carbocycles. The summed E-state index contributed by atoms with van der Waals surface area (Å²) in [7, 11) is 1.52. The number of benzene rings is 1. The van der Waals surface area contributed by atoms with Crippen LogP contribution in [0.15, 0.2) is 36.4 Å². The van der Waals surface area contributed by atoms with Gasteiger partial charge in [0.05, 0.1) is 13.7 Å². The molecule has 5 nitrogen and oxygen atoms in total. The number of aliphatic hydroxyl groups excluding tert-OH is 1. The molecule has 2 N–H and O–H groups in total. The van der Waals surface area contributed by atoms with Crippen LogP contribution in [-0.2, 0) is 6.61 Å². The van der Waals surface area contributed by atoms with E-state index in [1.165, 1.54) is 7.11 Å². The van der Waals surface area contributed by atoms with Gasteiger partial charge < -0.3 is 15.2 Å². The largest absolute Gasteiger partial charge is 0.496 e. The van der Waals surface area contributed by atoms with E-state index in [0.717, 1.165) is 0 Å². The predicted molar refractivity (Wildman–Crippen MR) is 76.1 cm³/mol. The van der Waals surface area contributed by atoms with Crippen LogP contribution in [0.25, 0.3) is 0 Å². The lowest BCUT2D eigenvalue weighted by molar-refractivity contribution is 0.102. The molecule has 0 radical (unpaired) electrons. The smallest absolute Gasteiger partial charge is 0.274 e. The lowest BCUT2D eigenvalue weighted by Gasteiger charge is -2.10. The second-order valence-corrected chi connectivity index (χ2v) is 4.37. The van der Waals surface area contributed by atoms with Crippen molar-refractivity contribution in [1.82, 2.24) is 4.98 Å². The van der Waals surface area contributed by atoms with Crippen LogP contribution in [0.1, 0.15) is 16.1 Å². The number of anilines is 1. The number of ether oxygens (including phenoxy) is 1. The van der Waals surface area contributed by atoms with E-state index in [2.05, 4.69) is 10.3 Å². The molecule has 0 fully saturated rings. The van der Waals surface area contributed by atoms with Gasteiger partial charge in [-0.05, 0) is 30.3 Å². The SMILES string of the molecule is COc1ccc(NC(=O)c2cccc(Cl)n2)cc1CO. The van der Waals surface area contributed by atoms with Gasteiger partial charge in [-0.15, -0.1) is 0 Å². The Morgan fingerprint density at radius 1 is 1.40 bits per heavy atom. The minimum atomic E-state index is -0.374. The van der Waals surface area contributed by atoms with Crippen LogP contribution in [0.3, 0.4) is 0 Å². The summed E-state index contributed by atoms with van der Waals surface area (Å²) in [6.07, 6.45) is 0. The average molecular weight is 293 g/mol. The maximum Gasteiger partial charge on any atom is 0.274 e. The number of aromatic nitrogens is 1. The van der Waals surface area contributed by atoms with Gasteiger partial charge in [0.2, 0.25) is 0 Å². The zero-order valence-corrected chi connectivity index (χ0v) is 11.5. The Hall–Kier alpha value is -2.11. The number of hydrogen-bond acceptors (Lipinski definition) is 4. The highest BCUT2D eigenvalue weighted by Gasteiger charge is 2.10. The molecule has 0 aliphatic carbocycles. The van der Waals surface area contributed by atoms with E-state index in [4.69, 9.17) is 16.3 Å². The topological polar surface area (TPSA) is 71.5 Å². The molecular formula is C14H13ClN2O3. The molecule has 104 valence electrons. The standard InChI is InChI=1S/C14H13ClN2O3/c1-20-12-6-5-10(7-9(12)8-18)16-14(19)11-3-2-4-13(15)17-11/h2-7,18H,8H2,1H3,(H,16,19). The number of carbonyl (C=O) groups is 1. The maximum absolute atomic E-state index is 12.0. The van der Waals surface area contributed by atoms with Gasteiger partial charge in [0, 0.05) is 11.3 Å². The molecule has 0 spiro atoms. The van der Waals surface area contributed by atoms with Crippen molar-refractivity contribution in [2.24, 2.45) is 0 Å². The first-order valence-corrected chi connectivity index (χ1v) is 6.23. The highest BCUT2D eigenvalue weighted by molar-refractivity contribution is 6.29. The lowest BCUT2D eigenvalue weighted by Crippen LogP contribution is -2.13. The highest BCUT2D eigenvalue weighted by Crippen LogP contribution is 2.22. The summed E-state index contributed by atoms with van der Waals surface area (Å²) < 4.78 is 5.09. The number of amides is 1. The first-order chi connectivity index (χ1) is 9.63. The molecule has 20 heavy (non-hydrogen) atoms. The summed E-state index contributed by atoms with van der Waals surface area (Å²) in [5.74, 6) is 0.188. The number of methoxy groups -OCH3 is 1. The number of nitrogens with zero attached hydrogens (tertiary/aromatic N) is 1. The van der Waals surface area contributed by atoms with Gasteiger partial charge >= 0.3 is 0 Å². The number of halogens is 1. The van der Waals surface area contributed by atoms with Crippen molar-refractivity contribution >= 4 is 23.2 Å². The van der Waals surface area contributed by atoms with Crippen LogP contribution in [0.2, 0.25) is 5.15 Å². The van der Waals surface area contributed by atoms with E-state index in [1.54, 1.807) is 36.4 Å². The van der Waals surface area contributed by atoms with Gasteiger partial charge in [-0.1, -0.05) is 17.7 Å². The van der Waals surface area contributed by atoms with Gasteiger partial charge in [-0.3, -0.25) is 4.79 Å². The summed E-state index contributed by atoms with van der Waals surface area (Å²) in [5.41, 5.74) is 1.35. The molecule has 0 bridgehead atoms. The normalized spacial score (nSPS) is 10.2. The van der Waals surface area contributed by atoms with E-state index in [1.807, 2.05) is 0 Å². The van der Waals surface area contributed by atoms with Crippen LogP contribution in [0.4, 0.5) is 5.69 Å². The van der Waals surface area contributed by atoms with E-state index in [-0.39, 0.29) is 23.4 Å². The Kier molecular flexibility index (Phi) is 4.55. The first-order valence-electron chi connectivity index (χ1n) is 5.85. The van der Waals surface area contributed by atoms with Gasteiger partial charge in [-0.2, -0.15) is 0 Å². The summed E-state index contributed by atoms with van der Waals surface area (Å²) >= 11 is 5.74. The Morgan fingerprint density at radius 2 is 2.20 bits per heavy atom. The van der Waals surface area contributed by atoms with E-state index in [9.17, 15) is 9.90 Å². The molecule has 0 saturated carbocycles. The number of nitrogens with one attached hydrogen (secondary N) is 1. The summed E-state index contributed by atoms with van der Waals surface area (Å²) in [6, 6.07) is 9.80. The van der Waals surface area contributed by atoms with Crippen LogP contribution in [0.5, 0.6) is 5.75 Å². The average Bonchev–Trinajstić information content (AvgIpc) is 2.47. The van der Waals surface area contributed by atoms with Gasteiger partial charge in [0.1, 0.15) is 16.6 Å². The Labute approximate surface area is 121 Å². The second kappa shape index (κ2) is 6.36. The third kappa shape index (κ3) is 3.26. The third-order valence-electron chi connectivity index (χ3n) is 2.66. The molecular weight excluding hydrogens is 280 g/mol. The number of pyridine rings is 1. The quantitative estimate of drug-likeness (QED) is 0.849. The molecule has 2 aromatic rings. The number of carbonyl (C=O) groups excluding carboxylic acids is 1. The van der Waals surface area contributed by atoms with Gasteiger partial charge in [0.25, 0.3) is 5.91 Å². The van der Waals surface area contributed by atoms with E-state index in [0.29, 0.717) is 17.0 Å². The van der Waals surface area contributed by atoms with Crippen LogP contribution in [0, 0.1) is 0 Å². The van der Waals surface area contributed by atoms with Gasteiger partial charge in [0.15, 0.2) is 0 Å². The molecule has 0 aliphatic rings. The minimum absolute atomic E-state index is 0.178.